The van der Waals surface area contributed by atoms with E-state index in [-0.39, 0.29) is 29.1 Å². The van der Waals surface area contributed by atoms with Crippen molar-refractivity contribution in [1.29, 1.82) is 0 Å². The van der Waals surface area contributed by atoms with Gasteiger partial charge in [-0.3, -0.25) is 9.48 Å². The van der Waals surface area contributed by atoms with E-state index in [1.54, 1.807) is 14.0 Å². The molecule has 1 unspecified atom stereocenters. The third-order valence-electron chi connectivity index (χ3n) is 3.28. The van der Waals surface area contributed by atoms with Crippen molar-refractivity contribution in [3.63, 3.8) is 0 Å². The molecule has 1 aromatic rings. The molecule has 1 aromatic heterocycles. The van der Waals surface area contributed by atoms with Crippen LogP contribution in [0.15, 0.2) is 0 Å². The minimum absolute atomic E-state index is 0.00449. The second-order valence-electron chi connectivity index (χ2n) is 4.90. The topological polar surface area (TPSA) is 107 Å². The molecule has 1 saturated heterocycles. The largest absolute Gasteiger partial charge is 0.395 e. The lowest BCUT2D eigenvalue weighted by molar-refractivity contribution is 0.0929. The van der Waals surface area contributed by atoms with Crippen molar-refractivity contribution in [2.45, 2.75) is 25.8 Å². The van der Waals surface area contributed by atoms with Gasteiger partial charge in [-0.2, -0.15) is 5.10 Å². The molecule has 0 radical (unpaired) electrons. The zero-order valence-electron chi connectivity index (χ0n) is 11.0. The smallest absolute Gasteiger partial charge is 0.271 e. The lowest BCUT2D eigenvalue weighted by atomic mass is 10.2. The van der Waals surface area contributed by atoms with Crippen molar-refractivity contribution in [1.82, 2.24) is 15.1 Å². The zero-order chi connectivity index (χ0) is 14.2. The van der Waals surface area contributed by atoms with E-state index in [0.29, 0.717) is 24.2 Å². The molecule has 0 aromatic carbocycles. The summed E-state index contributed by atoms with van der Waals surface area (Å²) in [5.74, 6) is -0.176. The Hall–Kier alpha value is -1.57. The Labute approximate surface area is 112 Å². The van der Waals surface area contributed by atoms with Crippen LogP contribution < -0.4 is 11.1 Å². The van der Waals surface area contributed by atoms with Crippen LogP contribution in [0.5, 0.6) is 0 Å². The number of amides is 1. The first-order chi connectivity index (χ1) is 8.80. The van der Waals surface area contributed by atoms with Gasteiger partial charge in [0.2, 0.25) is 0 Å². The molecule has 1 aliphatic rings. The molecule has 1 aliphatic heterocycles. The van der Waals surface area contributed by atoms with Gasteiger partial charge in [0, 0.05) is 13.1 Å². The van der Waals surface area contributed by atoms with Crippen LogP contribution in [-0.4, -0.2) is 41.7 Å². The van der Waals surface area contributed by atoms with Crippen molar-refractivity contribution in [3.05, 3.63) is 11.4 Å². The molecule has 0 spiro atoms. The number of aromatic nitrogens is 2. The summed E-state index contributed by atoms with van der Waals surface area (Å²) in [7, 11) is -1.41. The van der Waals surface area contributed by atoms with Crippen LogP contribution in [0.4, 0.5) is 5.69 Å². The zero-order valence-corrected chi connectivity index (χ0v) is 11.8. The number of nitrogens with two attached hydrogens (primary N) is 1. The van der Waals surface area contributed by atoms with Gasteiger partial charge in [0.05, 0.1) is 22.9 Å². The molecule has 7 nitrogen and oxygen atoms in total. The predicted molar refractivity (Wildman–Crippen MR) is 71.5 cm³/mol. The first kappa shape index (κ1) is 13.9. The van der Waals surface area contributed by atoms with Gasteiger partial charge in [-0.1, -0.05) is 0 Å². The fraction of sp³-hybridized carbons (Fsp3) is 0.636. The van der Waals surface area contributed by atoms with Crippen molar-refractivity contribution in [3.8, 4) is 0 Å². The Balaban J connectivity index is 2.13. The monoisotopic (exact) mass is 286 g/mol. The summed E-state index contributed by atoms with van der Waals surface area (Å²) in [6.45, 7) is 1.72. The highest BCUT2D eigenvalue weighted by atomic mass is 32.2. The van der Waals surface area contributed by atoms with Crippen molar-refractivity contribution in [2.75, 3.05) is 17.2 Å². The standard InChI is InChI=1S/C11H18N4O3S/c1-7-9(12)10(15(2)14-7)11(16)13-8-4-3-5-19(17,18)6-8/h8H,3-6,12H2,1-2H3,(H,13,16). The molecule has 2 rings (SSSR count). The maximum atomic E-state index is 12.1. The van der Waals surface area contributed by atoms with E-state index in [0.717, 1.165) is 0 Å². The minimum atomic E-state index is -3.04. The summed E-state index contributed by atoms with van der Waals surface area (Å²) in [5.41, 5.74) is 7.00. The van der Waals surface area contributed by atoms with Crippen LogP contribution in [0.1, 0.15) is 29.0 Å². The van der Waals surface area contributed by atoms with Crippen molar-refractivity contribution >= 4 is 21.4 Å². The Morgan fingerprint density at radius 1 is 1.53 bits per heavy atom. The normalized spacial score (nSPS) is 22.1. The summed E-state index contributed by atoms with van der Waals surface area (Å²) in [4.78, 5) is 12.1. The number of sulfone groups is 1. The number of nitrogens with one attached hydrogen (secondary N) is 1. The predicted octanol–water partition coefficient (Wildman–Crippen LogP) is -0.382. The van der Waals surface area contributed by atoms with E-state index in [1.807, 2.05) is 0 Å². The first-order valence-corrected chi connectivity index (χ1v) is 7.92. The van der Waals surface area contributed by atoms with Gasteiger partial charge in [-0.05, 0) is 19.8 Å². The minimum Gasteiger partial charge on any atom is -0.395 e. The van der Waals surface area contributed by atoms with Crippen LogP contribution in [0.25, 0.3) is 0 Å². The maximum absolute atomic E-state index is 12.1. The molecule has 8 heteroatoms. The fourth-order valence-electron chi connectivity index (χ4n) is 2.33. The molecule has 0 aliphatic carbocycles. The lowest BCUT2D eigenvalue weighted by Gasteiger charge is -2.23. The first-order valence-electron chi connectivity index (χ1n) is 6.10. The molecule has 1 atom stereocenters. The van der Waals surface area contributed by atoms with Crippen LogP contribution in [0, 0.1) is 6.92 Å². The number of rotatable bonds is 2. The molecule has 106 valence electrons. The van der Waals surface area contributed by atoms with Gasteiger partial charge in [0.25, 0.3) is 5.91 Å². The molecule has 19 heavy (non-hydrogen) atoms. The fourth-order valence-corrected chi connectivity index (χ4v) is 3.97. The number of nitrogens with zero attached hydrogens (tertiary/aromatic N) is 2. The summed E-state index contributed by atoms with van der Waals surface area (Å²) in [6, 6.07) is -0.346. The van der Waals surface area contributed by atoms with E-state index < -0.39 is 9.84 Å². The Morgan fingerprint density at radius 2 is 2.21 bits per heavy atom. The molecular formula is C11H18N4O3S. The van der Waals surface area contributed by atoms with E-state index in [2.05, 4.69) is 10.4 Å². The third kappa shape index (κ3) is 2.89. The molecule has 3 N–H and O–H groups in total. The Morgan fingerprint density at radius 3 is 2.74 bits per heavy atom. The van der Waals surface area contributed by atoms with Gasteiger partial charge in [-0.25, -0.2) is 8.42 Å². The molecule has 1 fully saturated rings. The van der Waals surface area contributed by atoms with E-state index in [1.165, 1.54) is 4.68 Å². The van der Waals surface area contributed by atoms with Crippen LogP contribution in [0.3, 0.4) is 0 Å². The highest BCUT2D eigenvalue weighted by molar-refractivity contribution is 7.91. The van der Waals surface area contributed by atoms with Gasteiger partial charge in [0.1, 0.15) is 5.69 Å². The molecule has 1 amide bonds. The highest BCUT2D eigenvalue weighted by Gasteiger charge is 2.27. The van der Waals surface area contributed by atoms with Gasteiger partial charge in [0.15, 0.2) is 9.84 Å². The number of carbonyl (C=O) groups is 1. The second kappa shape index (κ2) is 4.84. The van der Waals surface area contributed by atoms with Gasteiger partial charge < -0.3 is 11.1 Å². The Kier molecular flexibility index (Phi) is 3.53. The number of carbonyl (C=O) groups excluding carboxylic acids is 1. The molecule has 2 heterocycles. The van der Waals surface area contributed by atoms with Gasteiger partial charge >= 0.3 is 0 Å². The summed E-state index contributed by atoms with van der Waals surface area (Å²) in [5, 5.41) is 6.79. The lowest BCUT2D eigenvalue weighted by Crippen LogP contribution is -2.43. The number of anilines is 1. The van der Waals surface area contributed by atoms with Crippen LogP contribution in [0.2, 0.25) is 0 Å². The average Bonchev–Trinajstić information content (AvgIpc) is 2.51. The van der Waals surface area contributed by atoms with Gasteiger partial charge in [-0.15, -0.1) is 0 Å². The average molecular weight is 286 g/mol. The number of nitrogen functional groups attached to an aromatic ring is 1. The Bertz CT molecular complexity index is 606. The van der Waals surface area contributed by atoms with E-state index >= 15 is 0 Å². The molecular weight excluding hydrogens is 268 g/mol. The summed E-state index contributed by atoms with van der Waals surface area (Å²) >= 11 is 0. The maximum Gasteiger partial charge on any atom is 0.271 e. The second-order valence-corrected chi connectivity index (χ2v) is 7.13. The third-order valence-corrected chi connectivity index (χ3v) is 5.10. The molecule has 0 bridgehead atoms. The van der Waals surface area contributed by atoms with E-state index in [4.69, 9.17) is 5.73 Å². The number of hydrogen-bond donors (Lipinski definition) is 2. The van der Waals surface area contributed by atoms with Crippen LogP contribution in [-0.2, 0) is 16.9 Å². The van der Waals surface area contributed by atoms with Crippen molar-refractivity contribution < 1.29 is 13.2 Å². The summed E-state index contributed by atoms with van der Waals surface area (Å²) < 4.78 is 24.5. The SMILES string of the molecule is Cc1nn(C)c(C(=O)NC2CCCS(=O)(=O)C2)c1N. The number of hydrogen-bond acceptors (Lipinski definition) is 5. The number of aryl methyl sites for hydroxylation is 2. The molecule has 0 saturated carbocycles. The van der Waals surface area contributed by atoms with Crippen molar-refractivity contribution in [2.24, 2.45) is 7.05 Å². The summed E-state index contributed by atoms with van der Waals surface area (Å²) in [6.07, 6.45) is 1.24. The quantitative estimate of drug-likeness (QED) is 0.770. The highest BCUT2D eigenvalue weighted by Crippen LogP contribution is 2.17. The van der Waals surface area contributed by atoms with Crippen LogP contribution >= 0.6 is 0 Å². The van der Waals surface area contributed by atoms with E-state index in [9.17, 15) is 13.2 Å².